The maximum absolute atomic E-state index is 11.0. The van der Waals surface area contributed by atoms with Gasteiger partial charge in [-0.25, -0.2) is 14.4 Å². The highest BCUT2D eigenvalue weighted by atomic mass is 16.5. The van der Waals surface area contributed by atoms with Crippen LogP contribution in [-0.2, 0) is 28.6 Å². The van der Waals surface area contributed by atoms with Gasteiger partial charge in [-0.2, -0.15) is 0 Å². The second-order valence-electron chi connectivity index (χ2n) is 5.77. The molecule has 0 spiro atoms. The van der Waals surface area contributed by atoms with Gasteiger partial charge < -0.3 is 14.2 Å². The first-order chi connectivity index (χ1) is 13.3. The van der Waals surface area contributed by atoms with Gasteiger partial charge in [-0.1, -0.05) is 33.1 Å². The van der Waals surface area contributed by atoms with Gasteiger partial charge in [-0.05, 0) is 45.6 Å². The zero-order valence-electron chi connectivity index (χ0n) is 17.5. The topological polar surface area (TPSA) is 78.9 Å². The monoisotopic (exact) mass is 394 g/mol. The first-order valence-electron chi connectivity index (χ1n) is 9.47. The van der Waals surface area contributed by atoms with Crippen molar-refractivity contribution in [3.05, 3.63) is 49.3 Å². The third-order valence-electron chi connectivity index (χ3n) is 3.18. The van der Waals surface area contributed by atoms with Gasteiger partial charge in [0.1, 0.15) is 5.76 Å². The maximum Gasteiger partial charge on any atom is 0.338 e. The average molecular weight is 395 g/mol. The van der Waals surface area contributed by atoms with Gasteiger partial charge in [-0.3, -0.25) is 0 Å². The summed E-state index contributed by atoms with van der Waals surface area (Å²) in [5.41, 5.74) is 0.460. The van der Waals surface area contributed by atoms with Crippen LogP contribution in [0.4, 0.5) is 0 Å². The molecule has 0 N–H and O–H groups in total. The lowest BCUT2D eigenvalue weighted by Crippen LogP contribution is -2.06. The Morgan fingerprint density at radius 2 is 1.68 bits per heavy atom. The van der Waals surface area contributed by atoms with Gasteiger partial charge >= 0.3 is 17.9 Å². The van der Waals surface area contributed by atoms with E-state index in [-0.39, 0.29) is 17.9 Å². The number of ether oxygens (including phenoxy) is 3. The summed E-state index contributed by atoms with van der Waals surface area (Å²) in [5, 5.41) is 0. The van der Waals surface area contributed by atoms with Crippen LogP contribution in [0, 0.1) is 0 Å². The van der Waals surface area contributed by atoms with E-state index in [1.165, 1.54) is 12.5 Å². The van der Waals surface area contributed by atoms with E-state index < -0.39 is 0 Å². The SMILES string of the molecule is C=C(C)C(=O)OC1=CCCCC1.C=CC(=O)OCC.C=CC(=O)OCCCC. The van der Waals surface area contributed by atoms with E-state index in [1.807, 2.05) is 13.0 Å². The Labute approximate surface area is 168 Å². The van der Waals surface area contributed by atoms with Crippen LogP contribution < -0.4 is 0 Å². The summed E-state index contributed by atoms with van der Waals surface area (Å²) in [4.78, 5) is 31.5. The Morgan fingerprint density at radius 1 is 1.07 bits per heavy atom. The number of rotatable bonds is 8. The number of esters is 3. The van der Waals surface area contributed by atoms with Crippen LogP contribution in [0.1, 0.15) is 59.3 Å². The molecule has 1 rings (SSSR count). The number of hydrogen-bond acceptors (Lipinski definition) is 6. The molecule has 0 aromatic heterocycles. The fraction of sp³-hybridized carbons (Fsp3) is 0.500. The first-order valence-corrected chi connectivity index (χ1v) is 9.47. The molecule has 0 radical (unpaired) electrons. The van der Waals surface area contributed by atoms with Crippen molar-refractivity contribution in [2.45, 2.75) is 59.3 Å². The van der Waals surface area contributed by atoms with Crippen LogP contribution in [0.3, 0.4) is 0 Å². The summed E-state index contributed by atoms with van der Waals surface area (Å²) in [6.07, 6.45) is 10.5. The van der Waals surface area contributed by atoms with Gasteiger partial charge in [0, 0.05) is 24.1 Å². The molecule has 1 aliphatic rings. The molecule has 0 fully saturated rings. The summed E-state index contributed by atoms with van der Waals surface area (Å²) in [6.45, 7) is 16.4. The fourth-order valence-corrected chi connectivity index (χ4v) is 1.68. The summed E-state index contributed by atoms with van der Waals surface area (Å²) in [7, 11) is 0. The predicted molar refractivity (Wildman–Crippen MR) is 110 cm³/mol. The minimum Gasteiger partial charge on any atom is -0.463 e. The largest absolute Gasteiger partial charge is 0.463 e. The zero-order chi connectivity index (χ0) is 21.8. The van der Waals surface area contributed by atoms with E-state index in [1.54, 1.807) is 13.8 Å². The average Bonchev–Trinajstić information content (AvgIpc) is 2.69. The van der Waals surface area contributed by atoms with Crippen molar-refractivity contribution < 1.29 is 28.6 Å². The molecule has 0 unspecified atom stereocenters. The highest BCUT2D eigenvalue weighted by Gasteiger charge is 2.09. The maximum atomic E-state index is 11.0. The fourth-order valence-electron chi connectivity index (χ4n) is 1.68. The molecule has 0 bridgehead atoms. The smallest absolute Gasteiger partial charge is 0.338 e. The van der Waals surface area contributed by atoms with Crippen molar-refractivity contribution in [3.8, 4) is 0 Å². The molecule has 6 heteroatoms. The summed E-state index contributed by atoms with van der Waals surface area (Å²) < 4.78 is 14.2. The molecule has 6 nitrogen and oxygen atoms in total. The van der Waals surface area contributed by atoms with Gasteiger partial charge in [0.25, 0.3) is 0 Å². The van der Waals surface area contributed by atoms with Gasteiger partial charge in [0.05, 0.1) is 13.2 Å². The van der Waals surface area contributed by atoms with E-state index in [2.05, 4.69) is 29.2 Å². The molecule has 28 heavy (non-hydrogen) atoms. The number of carbonyl (C=O) groups excluding carboxylic acids is 3. The molecule has 0 aliphatic heterocycles. The molecule has 0 saturated heterocycles. The minimum atomic E-state index is -0.359. The molecule has 0 aromatic rings. The highest BCUT2D eigenvalue weighted by Crippen LogP contribution is 2.18. The quantitative estimate of drug-likeness (QED) is 0.254. The third-order valence-corrected chi connectivity index (χ3v) is 3.18. The number of unbranched alkanes of at least 4 members (excludes halogenated alkanes) is 1. The van der Waals surface area contributed by atoms with Crippen molar-refractivity contribution in [1.82, 2.24) is 0 Å². The van der Waals surface area contributed by atoms with Crippen LogP contribution in [0.5, 0.6) is 0 Å². The summed E-state index contributed by atoms with van der Waals surface area (Å²) in [5.74, 6) is -0.177. The first kappa shape index (κ1) is 27.6. The molecule has 0 atom stereocenters. The second kappa shape index (κ2) is 19.1. The van der Waals surface area contributed by atoms with Crippen molar-refractivity contribution in [2.24, 2.45) is 0 Å². The molecule has 0 aromatic carbocycles. The Morgan fingerprint density at radius 3 is 2.07 bits per heavy atom. The van der Waals surface area contributed by atoms with Gasteiger partial charge in [0.15, 0.2) is 0 Å². The minimum absolute atomic E-state index is 0.303. The molecule has 0 amide bonds. The van der Waals surface area contributed by atoms with E-state index in [0.717, 1.165) is 43.9 Å². The lowest BCUT2D eigenvalue weighted by molar-refractivity contribution is -0.138. The molecular formula is C22H34O6. The zero-order valence-corrected chi connectivity index (χ0v) is 17.5. The molecular weight excluding hydrogens is 360 g/mol. The molecule has 0 heterocycles. The van der Waals surface area contributed by atoms with Crippen LogP contribution in [0.15, 0.2) is 49.3 Å². The summed E-state index contributed by atoms with van der Waals surface area (Å²) in [6, 6.07) is 0. The lowest BCUT2D eigenvalue weighted by atomic mass is 10.1. The Bertz CT molecular complexity index is 545. The molecule has 158 valence electrons. The Hall–Kier alpha value is -2.63. The van der Waals surface area contributed by atoms with E-state index in [0.29, 0.717) is 18.8 Å². The highest BCUT2D eigenvalue weighted by molar-refractivity contribution is 5.87. The lowest BCUT2D eigenvalue weighted by Gasteiger charge is -2.12. The summed E-state index contributed by atoms with van der Waals surface area (Å²) >= 11 is 0. The van der Waals surface area contributed by atoms with Gasteiger partial charge in [-0.15, -0.1) is 0 Å². The standard InChI is InChI=1S/C10H14O2.C7H12O2.C5H8O2/c1-8(2)10(11)12-9-6-4-3-5-7-9;1-3-5-6-9-7(8)4-2;1-3-5(6)7-4-2/h6H,1,3-5,7H2,2H3;4H,2-3,5-6H2,1H3;3H,1,4H2,2H3. The van der Waals surface area contributed by atoms with E-state index >= 15 is 0 Å². The molecule has 0 saturated carbocycles. The normalized spacial score (nSPS) is 11.8. The van der Waals surface area contributed by atoms with Crippen molar-refractivity contribution >= 4 is 17.9 Å². The third kappa shape index (κ3) is 18.2. The number of allylic oxidation sites excluding steroid dienone is 2. The second-order valence-corrected chi connectivity index (χ2v) is 5.77. The van der Waals surface area contributed by atoms with Crippen LogP contribution in [-0.4, -0.2) is 31.1 Å². The van der Waals surface area contributed by atoms with Crippen molar-refractivity contribution in [1.29, 1.82) is 0 Å². The van der Waals surface area contributed by atoms with E-state index in [9.17, 15) is 14.4 Å². The molecule has 1 aliphatic carbocycles. The van der Waals surface area contributed by atoms with Crippen molar-refractivity contribution in [3.63, 3.8) is 0 Å². The van der Waals surface area contributed by atoms with Crippen LogP contribution >= 0.6 is 0 Å². The van der Waals surface area contributed by atoms with E-state index in [4.69, 9.17) is 4.74 Å². The Balaban J connectivity index is 0. The van der Waals surface area contributed by atoms with Crippen molar-refractivity contribution in [2.75, 3.05) is 13.2 Å². The van der Waals surface area contributed by atoms with Crippen LogP contribution in [0.25, 0.3) is 0 Å². The predicted octanol–water partition coefficient (Wildman–Crippen LogP) is 4.81. The Kier molecular flexibility index (Phi) is 18.9. The van der Waals surface area contributed by atoms with Gasteiger partial charge in [0.2, 0.25) is 0 Å². The number of carbonyl (C=O) groups is 3. The van der Waals surface area contributed by atoms with Crippen LogP contribution in [0.2, 0.25) is 0 Å². The number of hydrogen-bond donors (Lipinski definition) is 0.